The summed E-state index contributed by atoms with van der Waals surface area (Å²) in [6.07, 6.45) is 5.60. The number of benzene rings is 2. The fourth-order valence-electron chi connectivity index (χ4n) is 7.47. The molecule has 3 aliphatic carbocycles. The summed E-state index contributed by atoms with van der Waals surface area (Å²) in [5.74, 6) is 0.686. The highest BCUT2D eigenvalue weighted by Crippen LogP contribution is 2.57. The molecule has 242 valence electrons. The van der Waals surface area contributed by atoms with Crippen LogP contribution in [0.4, 0.5) is 14.9 Å². The van der Waals surface area contributed by atoms with Crippen LogP contribution < -0.4 is 4.90 Å². The maximum atomic E-state index is 14.5. The van der Waals surface area contributed by atoms with Crippen molar-refractivity contribution in [1.82, 2.24) is 19.9 Å². The molecule has 0 radical (unpaired) electrons. The summed E-state index contributed by atoms with van der Waals surface area (Å²) >= 11 is 0. The molecule has 2 aromatic carbocycles. The number of nitrogens with zero attached hydrogens (tertiary/aromatic N) is 5. The van der Waals surface area contributed by atoms with Gasteiger partial charge in [0.05, 0.1) is 5.60 Å². The van der Waals surface area contributed by atoms with E-state index in [4.69, 9.17) is 4.52 Å². The zero-order valence-corrected chi connectivity index (χ0v) is 27.5. The number of rotatable bonds is 8. The molecule has 2 amide bonds. The van der Waals surface area contributed by atoms with Gasteiger partial charge in [-0.3, -0.25) is 4.90 Å². The molecular formula is C36H48FN5O3. The predicted molar refractivity (Wildman–Crippen MR) is 174 cm³/mol. The number of aromatic nitrogens is 2. The lowest BCUT2D eigenvalue weighted by Crippen LogP contribution is -2.56. The number of fused-ring (bicyclic) bond motifs is 3. The zero-order valence-electron chi connectivity index (χ0n) is 27.5. The Hall–Kier alpha value is -3.30. The molecule has 4 aliphatic rings. The first-order valence-corrected chi connectivity index (χ1v) is 16.6. The molecule has 1 aromatic heterocycles. The summed E-state index contributed by atoms with van der Waals surface area (Å²) in [5, 5.41) is 14.7. The van der Waals surface area contributed by atoms with E-state index in [9.17, 15) is 14.3 Å². The van der Waals surface area contributed by atoms with E-state index in [1.807, 2.05) is 40.1 Å². The predicted octanol–water partition coefficient (Wildman–Crippen LogP) is 7.02. The van der Waals surface area contributed by atoms with Crippen molar-refractivity contribution in [1.29, 1.82) is 0 Å². The minimum absolute atomic E-state index is 0.00105. The summed E-state index contributed by atoms with van der Waals surface area (Å²) in [6, 6.07) is 16.4. The number of piperazine rings is 1. The van der Waals surface area contributed by atoms with Gasteiger partial charge in [-0.25, -0.2) is 9.18 Å². The lowest BCUT2D eigenvalue weighted by molar-refractivity contribution is 0.0396. The number of anilines is 1. The molecule has 0 atom stereocenters. The molecule has 7 rings (SSSR count). The molecular weight excluding hydrogens is 569 g/mol. The maximum Gasteiger partial charge on any atom is 0.324 e. The van der Waals surface area contributed by atoms with E-state index in [0.717, 1.165) is 93.6 Å². The molecule has 2 heterocycles. The van der Waals surface area contributed by atoms with Gasteiger partial charge in [0.25, 0.3) is 5.89 Å². The van der Waals surface area contributed by atoms with E-state index < -0.39 is 11.3 Å². The van der Waals surface area contributed by atoms with Crippen LogP contribution in [0, 0.1) is 5.41 Å². The molecule has 9 heteroatoms. The Bertz CT molecular complexity index is 1470. The van der Waals surface area contributed by atoms with Gasteiger partial charge in [0.15, 0.2) is 11.5 Å². The van der Waals surface area contributed by atoms with Crippen LogP contribution in [0.5, 0.6) is 0 Å². The first-order chi connectivity index (χ1) is 21.3. The molecule has 3 saturated carbocycles. The second-order valence-corrected chi connectivity index (χ2v) is 14.7. The molecule has 8 nitrogen and oxygen atoms in total. The van der Waals surface area contributed by atoms with Crippen molar-refractivity contribution in [3.63, 3.8) is 0 Å². The molecule has 0 spiro atoms. The summed E-state index contributed by atoms with van der Waals surface area (Å²) < 4.78 is 19.9. The number of carbonyl (C=O) groups is 1. The van der Waals surface area contributed by atoms with Gasteiger partial charge in [0.2, 0.25) is 0 Å². The highest BCUT2D eigenvalue weighted by molar-refractivity contribution is 5.93. The third-order valence-corrected chi connectivity index (χ3v) is 10.7. The first kappa shape index (κ1) is 31.7. The number of carbonyl (C=O) groups excluding carboxylic acids is 1. The van der Waals surface area contributed by atoms with Gasteiger partial charge in [-0.15, -0.1) is 0 Å². The van der Waals surface area contributed by atoms with Gasteiger partial charge in [0.1, 0.15) is 0 Å². The van der Waals surface area contributed by atoms with Crippen LogP contribution in [-0.2, 0) is 16.7 Å². The number of hydrogen-bond donors (Lipinski definition) is 1. The maximum absolute atomic E-state index is 14.5. The van der Waals surface area contributed by atoms with Crippen LogP contribution in [0.25, 0.3) is 11.1 Å². The molecule has 1 N–H and O–H groups in total. The largest absolute Gasteiger partial charge is 0.386 e. The summed E-state index contributed by atoms with van der Waals surface area (Å²) in [6.45, 7) is 13.5. The highest BCUT2D eigenvalue weighted by atomic mass is 19.1. The van der Waals surface area contributed by atoms with Crippen molar-refractivity contribution in [3.05, 3.63) is 65.8 Å². The Morgan fingerprint density at radius 1 is 0.956 bits per heavy atom. The number of alkyl halides is 1. The highest BCUT2D eigenvalue weighted by Gasteiger charge is 2.53. The molecule has 45 heavy (non-hydrogen) atoms. The minimum Gasteiger partial charge on any atom is -0.386 e. The molecule has 0 unspecified atom stereocenters. The van der Waals surface area contributed by atoms with Crippen molar-refractivity contribution in [2.75, 3.05) is 44.2 Å². The molecule has 1 aliphatic heterocycles. The van der Waals surface area contributed by atoms with Crippen LogP contribution in [0.3, 0.4) is 0 Å². The van der Waals surface area contributed by atoms with Crippen LogP contribution in [0.15, 0.2) is 53.1 Å². The Kier molecular flexibility index (Phi) is 8.31. The Morgan fingerprint density at radius 3 is 2.16 bits per heavy atom. The van der Waals surface area contributed by atoms with E-state index in [1.54, 1.807) is 13.8 Å². The molecule has 1 saturated heterocycles. The van der Waals surface area contributed by atoms with Crippen LogP contribution in [0.1, 0.15) is 90.4 Å². The Labute approximate surface area is 266 Å². The van der Waals surface area contributed by atoms with Gasteiger partial charge >= 0.3 is 6.03 Å². The second kappa shape index (κ2) is 11.8. The van der Waals surface area contributed by atoms with E-state index >= 15 is 0 Å². The zero-order chi connectivity index (χ0) is 32.0. The normalized spacial score (nSPS) is 24.2. The van der Waals surface area contributed by atoms with Crippen molar-refractivity contribution in [2.24, 2.45) is 5.41 Å². The number of aliphatic hydroxyl groups is 1. The minimum atomic E-state index is -1.66. The van der Waals surface area contributed by atoms with Crippen molar-refractivity contribution in [3.8, 4) is 11.1 Å². The monoisotopic (exact) mass is 617 g/mol. The van der Waals surface area contributed by atoms with Gasteiger partial charge in [0, 0.05) is 43.8 Å². The van der Waals surface area contributed by atoms with E-state index in [2.05, 4.69) is 40.2 Å². The first-order valence-electron chi connectivity index (χ1n) is 16.6. The fraction of sp³-hybridized carbons (Fsp3) is 0.583. The SMILES string of the molecule is CCN1CCN(C(=O)N(CC23CCC(c4noc(C(C)(C)F)n4)(CC2)CC3)c2cccc(-c3ccc(C(C)(C)O)cc3)c2)CC1. The number of urea groups is 1. The van der Waals surface area contributed by atoms with Crippen LogP contribution in [0.2, 0.25) is 0 Å². The van der Waals surface area contributed by atoms with Gasteiger partial charge < -0.3 is 19.4 Å². The Balaban J connectivity index is 1.26. The average Bonchev–Trinajstić information content (AvgIpc) is 3.57. The van der Waals surface area contributed by atoms with Gasteiger partial charge in [-0.2, -0.15) is 4.98 Å². The number of likely N-dealkylation sites (N-methyl/N-ethyl adjacent to an activating group) is 1. The Morgan fingerprint density at radius 2 is 1.60 bits per heavy atom. The van der Waals surface area contributed by atoms with Crippen LogP contribution in [-0.4, -0.2) is 70.3 Å². The van der Waals surface area contributed by atoms with Crippen LogP contribution >= 0.6 is 0 Å². The van der Waals surface area contributed by atoms with Gasteiger partial charge in [-0.1, -0.05) is 48.5 Å². The van der Waals surface area contributed by atoms with E-state index in [-0.39, 0.29) is 22.8 Å². The number of halogens is 1. The molecule has 3 aromatic rings. The van der Waals surface area contributed by atoms with Crippen molar-refractivity contribution in [2.45, 2.75) is 89.8 Å². The third-order valence-electron chi connectivity index (χ3n) is 10.7. The van der Waals surface area contributed by atoms with Crippen molar-refractivity contribution < 1.29 is 18.8 Å². The average molecular weight is 618 g/mol. The van der Waals surface area contributed by atoms with E-state index in [0.29, 0.717) is 12.4 Å². The van der Waals surface area contributed by atoms with Gasteiger partial charge in [-0.05, 0) is 107 Å². The fourth-order valence-corrected chi connectivity index (χ4v) is 7.47. The second-order valence-electron chi connectivity index (χ2n) is 14.7. The number of hydrogen-bond acceptors (Lipinski definition) is 6. The molecule has 2 bridgehead atoms. The summed E-state index contributed by atoms with van der Waals surface area (Å²) in [5.41, 5.74) is 1.10. The third kappa shape index (κ3) is 6.39. The standard InChI is InChI=1S/C36H48FN5O3/c1-6-40-20-22-41(23-21-40)32(43)42(29-9-7-8-27(24-29)26-10-12-28(13-11-26)34(4,5)44)25-35-14-17-36(18-15-35,19-16-35)30-38-31(45-39-30)33(2,3)37/h7-13,24,44H,6,14-23,25H2,1-5H3. The quantitative estimate of drug-likeness (QED) is 0.292. The smallest absolute Gasteiger partial charge is 0.324 e. The topological polar surface area (TPSA) is 85.9 Å². The lowest BCUT2D eigenvalue weighted by Gasteiger charge is -2.53. The summed E-state index contributed by atoms with van der Waals surface area (Å²) in [4.78, 5) is 25.3. The summed E-state index contributed by atoms with van der Waals surface area (Å²) in [7, 11) is 0. The molecule has 4 fully saturated rings. The van der Waals surface area contributed by atoms with E-state index in [1.165, 1.54) is 13.8 Å². The number of amides is 2. The van der Waals surface area contributed by atoms with Crippen molar-refractivity contribution >= 4 is 11.7 Å². The lowest BCUT2D eigenvalue weighted by atomic mass is 9.53.